The average Bonchev–Trinajstić information content (AvgIpc) is 2.99. The number of hydrogen-bond donors (Lipinski definition) is 4. The summed E-state index contributed by atoms with van der Waals surface area (Å²) in [6.45, 7) is 2.05. The van der Waals surface area contributed by atoms with Gasteiger partial charge in [-0.15, -0.1) is 0 Å². The molecule has 1 atom stereocenters. The number of aromatic nitrogens is 5. The molecule has 0 aliphatic heterocycles. The zero-order valence-corrected chi connectivity index (χ0v) is 12.6. The summed E-state index contributed by atoms with van der Waals surface area (Å²) in [7, 11) is 0. The van der Waals surface area contributed by atoms with Crippen LogP contribution < -0.4 is 16.6 Å². The Balaban J connectivity index is 2.18. The molecule has 0 saturated heterocycles. The number of aliphatic hydroxyl groups is 1. The predicted octanol–water partition coefficient (Wildman–Crippen LogP) is -0.131. The fourth-order valence-electron chi connectivity index (χ4n) is 1.63. The molecule has 0 bridgehead atoms. The van der Waals surface area contributed by atoms with E-state index in [1.54, 1.807) is 37.1 Å². The van der Waals surface area contributed by atoms with Crippen LogP contribution in [0.3, 0.4) is 0 Å². The van der Waals surface area contributed by atoms with Crippen molar-refractivity contribution in [3.63, 3.8) is 0 Å². The maximum atomic E-state index is 10.1. The number of nitrogens with one attached hydrogen (secondary N) is 2. The minimum atomic E-state index is -0.867. The van der Waals surface area contributed by atoms with Gasteiger partial charge in [0.2, 0.25) is 11.9 Å². The molecule has 9 nitrogen and oxygen atoms in total. The van der Waals surface area contributed by atoms with E-state index in [0.29, 0.717) is 24.2 Å². The fraction of sp³-hybridized carbons (Fsp3) is 0.455. The largest absolute Gasteiger partial charge is 0.387 e. The lowest BCUT2D eigenvalue weighted by molar-refractivity contribution is 0.0995. The number of hydrogen-bond acceptors (Lipinski definition) is 9. The second kappa shape index (κ2) is 6.70. The second-order valence-corrected chi connectivity index (χ2v) is 5.53. The van der Waals surface area contributed by atoms with Crippen LogP contribution >= 0.6 is 11.8 Å². The third kappa shape index (κ3) is 4.28. The lowest BCUT2D eigenvalue weighted by Gasteiger charge is -2.22. The van der Waals surface area contributed by atoms with Crippen molar-refractivity contribution in [3.05, 3.63) is 18.5 Å². The Morgan fingerprint density at radius 2 is 2.14 bits per heavy atom. The lowest BCUT2D eigenvalue weighted by atomic mass is 10.1. The zero-order valence-electron chi connectivity index (χ0n) is 11.8. The van der Waals surface area contributed by atoms with Crippen molar-refractivity contribution in [2.24, 2.45) is 5.84 Å². The fourth-order valence-corrected chi connectivity index (χ4v) is 2.35. The Morgan fingerprint density at radius 3 is 2.76 bits per heavy atom. The average molecular weight is 310 g/mol. The van der Waals surface area contributed by atoms with Crippen LogP contribution in [-0.2, 0) is 0 Å². The minimum Gasteiger partial charge on any atom is -0.387 e. The Kier molecular flexibility index (Phi) is 4.94. The summed E-state index contributed by atoms with van der Waals surface area (Å²) in [5.74, 6) is 6.80. The van der Waals surface area contributed by atoms with Gasteiger partial charge in [0.05, 0.1) is 5.60 Å². The Labute approximate surface area is 126 Å². The Morgan fingerprint density at radius 1 is 1.38 bits per heavy atom. The van der Waals surface area contributed by atoms with Gasteiger partial charge < -0.3 is 10.4 Å². The molecule has 10 heteroatoms. The summed E-state index contributed by atoms with van der Waals surface area (Å²) in [5.41, 5.74) is 1.52. The van der Waals surface area contributed by atoms with Crippen LogP contribution in [0.1, 0.15) is 6.92 Å². The van der Waals surface area contributed by atoms with Gasteiger partial charge in [-0.3, -0.25) is 5.43 Å². The van der Waals surface area contributed by atoms with Gasteiger partial charge in [-0.25, -0.2) is 10.5 Å². The molecule has 0 aromatic carbocycles. The first-order valence-electron chi connectivity index (χ1n) is 6.22. The van der Waals surface area contributed by atoms with Crippen LogP contribution in [0.5, 0.6) is 0 Å². The van der Waals surface area contributed by atoms with E-state index < -0.39 is 5.60 Å². The summed E-state index contributed by atoms with van der Waals surface area (Å²) in [6.07, 6.45) is 5.27. The van der Waals surface area contributed by atoms with E-state index in [0.717, 1.165) is 0 Å². The van der Waals surface area contributed by atoms with E-state index in [2.05, 4.69) is 30.8 Å². The number of nitrogens with zero attached hydrogens (tertiary/aromatic N) is 5. The van der Waals surface area contributed by atoms with Crippen LogP contribution in [0.4, 0.5) is 11.9 Å². The van der Waals surface area contributed by atoms with Crippen molar-refractivity contribution in [1.82, 2.24) is 24.7 Å². The van der Waals surface area contributed by atoms with E-state index in [4.69, 9.17) is 5.84 Å². The highest BCUT2D eigenvalue weighted by Gasteiger charge is 2.20. The van der Waals surface area contributed by atoms with Crippen LogP contribution in [0.25, 0.3) is 5.95 Å². The molecule has 0 spiro atoms. The lowest BCUT2D eigenvalue weighted by Crippen LogP contribution is -2.36. The number of nitrogen functional groups attached to an aromatic ring is 1. The first-order valence-corrected chi connectivity index (χ1v) is 7.61. The van der Waals surface area contributed by atoms with E-state index in [1.165, 1.54) is 4.68 Å². The molecule has 0 amide bonds. The summed E-state index contributed by atoms with van der Waals surface area (Å²) >= 11 is 1.56. The summed E-state index contributed by atoms with van der Waals surface area (Å²) in [6, 6.07) is 1.76. The van der Waals surface area contributed by atoms with E-state index in [9.17, 15) is 5.11 Å². The highest BCUT2D eigenvalue weighted by Crippen LogP contribution is 2.13. The monoisotopic (exact) mass is 310 g/mol. The number of hydrazine groups is 1. The number of nitrogens with two attached hydrogens (primary N) is 1. The van der Waals surface area contributed by atoms with E-state index in [1.807, 2.05) is 6.26 Å². The summed E-state index contributed by atoms with van der Waals surface area (Å²) in [5, 5.41) is 17.2. The van der Waals surface area contributed by atoms with Crippen molar-refractivity contribution < 1.29 is 5.11 Å². The normalized spacial score (nSPS) is 13.7. The number of rotatable bonds is 7. The zero-order chi connectivity index (χ0) is 15.3. The maximum Gasteiger partial charge on any atom is 0.257 e. The molecule has 2 heterocycles. The first kappa shape index (κ1) is 15.5. The first-order chi connectivity index (χ1) is 10.0. The minimum absolute atomic E-state index is 0.211. The maximum absolute atomic E-state index is 10.1. The summed E-state index contributed by atoms with van der Waals surface area (Å²) in [4.78, 5) is 12.4. The van der Waals surface area contributed by atoms with Crippen LogP contribution in [0.15, 0.2) is 18.5 Å². The van der Waals surface area contributed by atoms with Gasteiger partial charge in [0, 0.05) is 24.7 Å². The molecule has 1 unspecified atom stereocenters. The molecular weight excluding hydrogens is 292 g/mol. The number of thioether (sulfide) groups is 1. The quantitative estimate of drug-likeness (QED) is 0.408. The molecule has 0 saturated carbocycles. The molecule has 0 radical (unpaired) electrons. The van der Waals surface area contributed by atoms with Crippen molar-refractivity contribution in [2.75, 3.05) is 29.3 Å². The van der Waals surface area contributed by atoms with Crippen LogP contribution in [0.2, 0.25) is 0 Å². The predicted molar refractivity (Wildman–Crippen MR) is 82.3 cm³/mol. The molecule has 0 aliphatic carbocycles. The van der Waals surface area contributed by atoms with Crippen molar-refractivity contribution in [3.8, 4) is 5.95 Å². The van der Waals surface area contributed by atoms with Gasteiger partial charge >= 0.3 is 0 Å². The molecule has 2 rings (SSSR count). The molecule has 114 valence electrons. The van der Waals surface area contributed by atoms with Crippen LogP contribution in [0, 0.1) is 0 Å². The van der Waals surface area contributed by atoms with Gasteiger partial charge in [0.15, 0.2) is 0 Å². The van der Waals surface area contributed by atoms with Gasteiger partial charge in [-0.05, 0) is 19.2 Å². The third-order valence-electron chi connectivity index (χ3n) is 2.54. The Bertz CT molecular complexity index is 574. The van der Waals surface area contributed by atoms with Crippen molar-refractivity contribution in [1.29, 1.82) is 0 Å². The van der Waals surface area contributed by atoms with Crippen molar-refractivity contribution >= 4 is 23.7 Å². The third-order valence-corrected chi connectivity index (χ3v) is 3.46. The van der Waals surface area contributed by atoms with E-state index in [-0.39, 0.29) is 5.95 Å². The van der Waals surface area contributed by atoms with E-state index >= 15 is 0 Å². The molecule has 0 fully saturated rings. The van der Waals surface area contributed by atoms with Crippen molar-refractivity contribution in [2.45, 2.75) is 12.5 Å². The molecule has 21 heavy (non-hydrogen) atoms. The molecule has 5 N–H and O–H groups in total. The molecule has 2 aromatic heterocycles. The van der Waals surface area contributed by atoms with Gasteiger partial charge in [0.1, 0.15) is 0 Å². The molecule has 0 aliphatic rings. The summed E-state index contributed by atoms with van der Waals surface area (Å²) < 4.78 is 1.49. The second-order valence-electron chi connectivity index (χ2n) is 4.66. The van der Waals surface area contributed by atoms with Gasteiger partial charge in [-0.1, -0.05) is 0 Å². The highest BCUT2D eigenvalue weighted by atomic mass is 32.2. The van der Waals surface area contributed by atoms with Gasteiger partial charge in [0.25, 0.3) is 5.95 Å². The van der Waals surface area contributed by atoms with Crippen LogP contribution in [-0.4, -0.2) is 54.0 Å². The Hall–Kier alpha value is -1.91. The SMILES string of the molecule is CSCC(C)(O)CNc1nc(NN)nc(-n2cccn2)n1. The molecular formula is C11H18N8OS. The highest BCUT2D eigenvalue weighted by molar-refractivity contribution is 7.98. The topological polar surface area (TPSA) is 127 Å². The standard InChI is InChI=1S/C11H18N8OS/c1-11(20,7-21-2)6-13-8-15-9(18-12)17-10(16-8)19-5-3-4-14-19/h3-5,20H,6-7,12H2,1-2H3,(H2,13,15,16,17,18). The molecule has 2 aromatic rings. The number of anilines is 2. The smallest absolute Gasteiger partial charge is 0.257 e. The van der Waals surface area contributed by atoms with Gasteiger partial charge in [-0.2, -0.15) is 31.8 Å².